The predicted octanol–water partition coefficient (Wildman–Crippen LogP) is 1.20. The van der Waals surface area contributed by atoms with Gasteiger partial charge in [0, 0.05) is 12.6 Å². The second-order valence-electron chi connectivity index (χ2n) is 7.35. The van der Waals surface area contributed by atoms with Gasteiger partial charge in [0.15, 0.2) is 0 Å². The Morgan fingerprint density at radius 1 is 1.18 bits per heavy atom. The number of piperidine rings is 1. The van der Waals surface area contributed by atoms with Gasteiger partial charge in [-0.1, -0.05) is 0 Å². The van der Waals surface area contributed by atoms with Gasteiger partial charge in [-0.2, -0.15) is 4.31 Å². The summed E-state index contributed by atoms with van der Waals surface area (Å²) < 4.78 is 69.6. The van der Waals surface area contributed by atoms with Gasteiger partial charge in [-0.25, -0.2) is 25.9 Å². The third-order valence-electron chi connectivity index (χ3n) is 4.74. The zero-order chi connectivity index (χ0) is 20.7. The molecule has 8 nitrogen and oxygen atoms in total. The summed E-state index contributed by atoms with van der Waals surface area (Å²) in [6.07, 6.45) is 4.52. The number of hydrogen-bond acceptors (Lipinski definition) is 6. The number of nitrogens with zero attached hydrogens (tertiary/aromatic N) is 1. The summed E-state index contributed by atoms with van der Waals surface area (Å²) >= 11 is 0. The first-order valence-corrected chi connectivity index (χ1v) is 12.7. The number of amides is 1. The third kappa shape index (κ3) is 5.21. The van der Waals surface area contributed by atoms with Gasteiger partial charge in [-0.15, -0.1) is 0 Å². The van der Waals surface area contributed by atoms with Crippen molar-refractivity contribution in [3.05, 3.63) is 29.1 Å². The molecule has 11 heteroatoms. The molecule has 2 aliphatic rings. The van der Waals surface area contributed by atoms with Crippen LogP contribution >= 0.6 is 0 Å². The molecule has 1 aromatic rings. The van der Waals surface area contributed by atoms with Crippen LogP contribution < -0.4 is 9.46 Å². The molecular formula is C17H23FN2O6S2. The molecule has 28 heavy (non-hydrogen) atoms. The molecule has 1 saturated carbocycles. The van der Waals surface area contributed by atoms with E-state index in [4.69, 9.17) is 4.74 Å². The standard InChI is InChI=1S/C17H23FN2O6S2/c1-27(22,23)19-17(21)14-8-13(11-5-6-11)16(9-15(14)18)26-12-4-3-7-20(10-12)28(2,24)25/h8-9,11-12H,3-7,10H2,1-2H3,(H,19,21). The molecule has 1 saturated heterocycles. The van der Waals surface area contributed by atoms with Crippen molar-refractivity contribution in [3.8, 4) is 5.75 Å². The monoisotopic (exact) mass is 434 g/mol. The van der Waals surface area contributed by atoms with Crippen molar-refractivity contribution in [1.82, 2.24) is 9.03 Å². The summed E-state index contributed by atoms with van der Waals surface area (Å²) in [5.74, 6) is -1.54. The zero-order valence-electron chi connectivity index (χ0n) is 15.6. The topological polar surface area (TPSA) is 110 Å². The van der Waals surface area contributed by atoms with Crippen LogP contribution in [0.3, 0.4) is 0 Å². The SMILES string of the molecule is CS(=O)(=O)NC(=O)c1cc(C2CC2)c(OC2CCCN(S(C)(=O)=O)C2)cc1F. The number of carbonyl (C=O) groups excluding carboxylic acids is 1. The van der Waals surface area contributed by atoms with Crippen molar-refractivity contribution < 1.29 is 30.8 Å². The van der Waals surface area contributed by atoms with Crippen molar-refractivity contribution in [2.75, 3.05) is 25.6 Å². The smallest absolute Gasteiger partial charge is 0.267 e. The van der Waals surface area contributed by atoms with Crippen LogP contribution in [0.4, 0.5) is 4.39 Å². The Balaban J connectivity index is 1.85. The summed E-state index contributed by atoms with van der Waals surface area (Å²) in [5.41, 5.74) is 0.276. The molecule has 0 radical (unpaired) electrons. The molecule has 1 unspecified atom stereocenters. The van der Waals surface area contributed by atoms with Gasteiger partial charge in [0.05, 0.1) is 24.6 Å². The van der Waals surface area contributed by atoms with Gasteiger partial charge in [0.2, 0.25) is 20.0 Å². The average molecular weight is 435 g/mol. The molecule has 1 aliphatic heterocycles. The average Bonchev–Trinajstić information content (AvgIpc) is 3.37. The molecule has 0 aromatic heterocycles. The third-order valence-corrected chi connectivity index (χ3v) is 6.57. The Labute approximate surface area is 164 Å². The first-order valence-electron chi connectivity index (χ1n) is 8.91. The summed E-state index contributed by atoms with van der Waals surface area (Å²) in [5, 5.41) is 0. The van der Waals surface area contributed by atoms with E-state index in [1.807, 2.05) is 0 Å². The Bertz CT molecular complexity index is 989. The van der Waals surface area contributed by atoms with E-state index in [1.165, 1.54) is 10.4 Å². The first kappa shape index (κ1) is 21.0. The van der Waals surface area contributed by atoms with Gasteiger partial charge < -0.3 is 4.74 Å². The molecule has 1 aromatic carbocycles. The number of halogens is 1. The molecule has 156 valence electrons. The second-order valence-corrected chi connectivity index (χ2v) is 11.1. The summed E-state index contributed by atoms with van der Waals surface area (Å²) in [6, 6.07) is 2.42. The largest absolute Gasteiger partial charge is 0.489 e. The van der Waals surface area contributed by atoms with Crippen molar-refractivity contribution in [1.29, 1.82) is 0 Å². The minimum absolute atomic E-state index is 0.106. The number of ether oxygens (including phenoxy) is 1. The number of rotatable bonds is 6. The summed E-state index contributed by atoms with van der Waals surface area (Å²) in [6.45, 7) is 0.605. The highest BCUT2D eigenvalue weighted by Crippen LogP contribution is 2.45. The lowest BCUT2D eigenvalue weighted by Crippen LogP contribution is -2.43. The van der Waals surface area contributed by atoms with E-state index < -0.39 is 37.9 Å². The van der Waals surface area contributed by atoms with E-state index in [-0.39, 0.29) is 23.8 Å². The van der Waals surface area contributed by atoms with Gasteiger partial charge in [0.1, 0.15) is 17.7 Å². The molecule has 2 fully saturated rings. The number of hydrogen-bond donors (Lipinski definition) is 1. The molecule has 3 rings (SSSR count). The van der Waals surface area contributed by atoms with Crippen molar-refractivity contribution >= 4 is 26.0 Å². The van der Waals surface area contributed by atoms with E-state index in [1.54, 1.807) is 4.72 Å². The lowest BCUT2D eigenvalue weighted by Gasteiger charge is -2.31. The van der Waals surface area contributed by atoms with Crippen molar-refractivity contribution in [2.45, 2.75) is 37.7 Å². The normalized spacial score (nSPS) is 21.3. The van der Waals surface area contributed by atoms with Crippen molar-refractivity contribution in [2.24, 2.45) is 0 Å². The van der Waals surface area contributed by atoms with Gasteiger partial charge in [-0.05, 0) is 43.2 Å². The lowest BCUT2D eigenvalue weighted by molar-refractivity contribution is 0.0977. The van der Waals surface area contributed by atoms with E-state index >= 15 is 0 Å². The van der Waals surface area contributed by atoms with Crippen LogP contribution in [0.25, 0.3) is 0 Å². The fourth-order valence-electron chi connectivity index (χ4n) is 3.27. The van der Waals surface area contributed by atoms with Crippen LogP contribution in [0.5, 0.6) is 5.75 Å². The molecule has 1 aliphatic carbocycles. The molecule has 0 bridgehead atoms. The van der Waals surface area contributed by atoms with Crippen LogP contribution in [0.1, 0.15) is 47.5 Å². The molecule has 1 N–H and O–H groups in total. The van der Waals surface area contributed by atoms with Gasteiger partial charge in [-0.3, -0.25) is 4.79 Å². The van der Waals surface area contributed by atoms with E-state index in [9.17, 15) is 26.0 Å². The number of nitrogens with one attached hydrogen (secondary N) is 1. The minimum atomic E-state index is -3.82. The van der Waals surface area contributed by atoms with E-state index in [0.717, 1.165) is 31.4 Å². The second kappa shape index (κ2) is 7.60. The summed E-state index contributed by atoms with van der Waals surface area (Å²) in [4.78, 5) is 12.1. The number of benzene rings is 1. The Morgan fingerprint density at radius 3 is 2.43 bits per heavy atom. The van der Waals surface area contributed by atoms with Gasteiger partial charge >= 0.3 is 0 Å². The first-order chi connectivity index (χ1) is 12.9. The predicted molar refractivity (Wildman–Crippen MR) is 101 cm³/mol. The zero-order valence-corrected chi connectivity index (χ0v) is 17.3. The van der Waals surface area contributed by atoms with Crippen LogP contribution in [-0.4, -0.2) is 58.8 Å². The van der Waals surface area contributed by atoms with Crippen LogP contribution in [0.15, 0.2) is 12.1 Å². The Morgan fingerprint density at radius 2 is 1.86 bits per heavy atom. The van der Waals surface area contributed by atoms with Crippen LogP contribution in [0, 0.1) is 5.82 Å². The fraction of sp³-hybridized carbons (Fsp3) is 0.588. The fourth-order valence-corrected chi connectivity index (χ4v) is 4.61. The van der Waals surface area contributed by atoms with Gasteiger partial charge in [0.25, 0.3) is 5.91 Å². The summed E-state index contributed by atoms with van der Waals surface area (Å²) in [7, 11) is -7.16. The Hall–Kier alpha value is -1.72. The van der Waals surface area contributed by atoms with E-state index in [2.05, 4.69) is 0 Å². The van der Waals surface area contributed by atoms with Crippen LogP contribution in [0.2, 0.25) is 0 Å². The molecule has 1 amide bonds. The molecule has 0 spiro atoms. The van der Waals surface area contributed by atoms with E-state index in [0.29, 0.717) is 24.9 Å². The maximum absolute atomic E-state index is 14.5. The lowest BCUT2D eigenvalue weighted by atomic mass is 10.0. The highest BCUT2D eigenvalue weighted by Gasteiger charge is 2.32. The maximum Gasteiger partial charge on any atom is 0.267 e. The molecule has 1 atom stereocenters. The van der Waals surface area contributed by atoms with Crippen LogP contribution in [-0.2, 0) is 20.0 Å². The van der Waals surface area contributed by atoms with Crippen molar-refractivity contribution in [3.63, 3.8) is 0 Å². The Kier molecular flexibility index (Phi) is 5.70. The highest BCUT2D eigenvalue weighted by molar-refractivity contribution is 7.89. The molecular weight excluding hydrogens is 411 g/mol. The minimum Gasteiger partial charge on any atom is -0.489 e. The molecule has 1 heterocycles. The highest BCUT2D eigenvalue weighted by atomic mass is 32.2. The quantitative estimate of drug-likeness (QED) is 0.720. The number of sulfonamides is 2. The maximum atomic E-state index is 14.5. The number of carbonyl (C=O) groups is 1.